The second-order valence-electron chi connectivity index (χ2n) is 4.92. The molecular weight excluding hydrogens is 287 g/mol. The molecular formula is C13H18Cl2N2S. The number of benzene rings is 1. The first-order chi connectivity index (χ1) is 8.55. The van der Waals surface area contributed by atoms with Crippen LogP contribution in [-0.2, 0) is 6.42 Å². The molecule has 3 N–H and O–H groups in total. The Morgan fingerprint density at radius 3 is 2.83 bits per heavy atom. The van der Waals surface area contributed by atoms with E-state index in [0.717, 1.165) is 12.0 Å². The molecule has 5 heteroatoms. The maximum atomic E-state index is 6.22. The third-order valence-electron chi connectivity index (χ3n) is 3.63. The van der Waals surface area contributed by atoms with Crippen LogP contribution in [-0.4, -0.2) is 16.5 Å². The lowest BCUT2D eigenvalue weighted by Gasteiger charge is -2.33. The van der Waals surface area contributed by atoms with E-state index in [4.69, 9.17) is 29.0 Å². The summed E-state index contributed by atoms with van der Waals surface area (Å²) in [7, 11) is 0. The van der Waals surface area contributed by atoms with Crippen molar-refractivity contribution in [1.82, 2.24) is 5.43 Å². The summed E-state index contributed by atoms with van der Waals surface area (Å²) in [4.78, 5) is 0. The number of halogens is 2. The van der Waals surface area contributed by atoms with Gasteiger partial charge in [0, 0.05) is 20.8 Å². The molecule has 0 saturated carbocycles. The summed E-state index contributed by atoms with van der Waals surface area (Å²) in [5.74, 6) is 6.94. The molecule has 1 fully saturated rings. The lowest BCUT2D eigenvalue weighted by atomic mass is 9.91. The molecule has 1 aliphatic rings. The maximum Gasteiger partial charge on any atom is 0.0453 e. The van der Waals surface area contributed by atoms with Gasteiger partial charge in [-0.1, -0.05) is 29.3 Å². The lowest BCUT2D eigenvalue weighted by Crippen LogP contribution is -2.50. The van der Waals surface area contributed by atoms with Gasteiger partial charge in [-0.15, -0.1) is 0 Å². The van der Waals surface area contributed by atoms with Crippen LogP contribution in [0.15, 0.2) is 18.2 Å². The molecule has 0 bridgehead atoms. The van der Waals surface area contributed by atoms with Crippen molar-refractivity contribution in [1.29, 1.82) is 0 Å². The SMILES string of the molecule is CC1(C(Cc2ccc(Cl)cc2Cl)NN)CCCS1. The molecule has 0 amide bonds. The van der Waals surface area contributed by atoms with Crippen LogP contribution in [0.4, 0.5) is 0 Å². The quantitative estimate of drug-likeness (QED) is 0.658. The fourth-order valence-electron chi connectivity index (χ4n) is 2.43. The first-order valence-electron chi connectivity index (χ1n) is 6.09. The van der Waals surface area contributed by atoms with Crippen LogP contribution in [0.5, 0.6) is 0 Å². The normalized spacial score (nSPS) is 25.3. The van der Waals surface area contributed by atoms with Crippen LogP contribution in [0.25, 0.3) is 0 Å². The first-order valence-corrected chi connectivity index (χ1v) is 7.83. The average Bonchev–Trinajstić information content (AvgIpc) is 2.76. The van der Waals surface area contributed by atoms with Crippen LogP contribution >= 0.6 is 35.0 Å². The molecule has 1 heterocycles. The van der Waals surface area contributed by atoms with Crippen LogP contribution in [0.2, 0.25) is 10.0 Å². The number of hydrogen-bond acceptors (Lipinski definition) is 3. The summed E-state index contributed by atoms with van der Waals surface area (Å²) in [5.41, 5.74) is 4.06. The van der Waals surface area contributed by atoms with Crippen LogP contribution in [0.1, 0.15) is 25.3 Å². The molecule has 0 aliphatic carbocycles. The Kier molecular flexibility index (Phi) is 4.84. The highest BCUT2D eigenvalue weighted by Gasteiger charge is 2.37. The van der Waals surface area contributed by atoms with Gasteiger partial charge in [0.2, 0.25) is 0 Å². The van der Waals surface area contributed by atoms with E-state index in [-0.39, 0.29) is 10.8 Å². The summed E-state index contributed by atoms with van der Waals surface area (Å²) < 4.78 is 0.192. The van der Waals surface area contributed by atoms with E-state index in [1.165, 1.54) is 18.6 Å². The van der Waals surface area contributed by atoms with Crippen molar-refractivity contribution in [3.8, 4) is 0 Å². The predicted octanol–water partition coefficient (Wildman–Crippen LogP) is 3.65. The minimum absolute atomic E-state index is 0.192. The van der Waals surface area contributed by atoms with E-state index >= 15 is 0 Å². The third kappa shape index (κ3) is 3.14. The van der Waals surface area contributed by atoms with Gasteiger partial charge in [-0.3, -0.25) is 11.3 Å². The molecule has 1 aromatic rings. The summed E-state index contributed by atoms with van der Waals surface area (Å²) in [6.45, 7) is 2.28. The monoisotopic (exact) mass is 304 g/mol. The Labute approximate surface area is 123 Å². The van der Waals surface area contributed by atoms with Crippen molar-refractivity contribution in [2.75, 3.05) is 5.75 Å². The van der Waals surface area contributed by atoms with Crippen molar-refractivity contribution in [3.63, 3.8) is 0 Å². The molecule has 2 rings (SSSR count). The number of thioether (sulfide) groups is 1. The van der Waals surface area contributed by atoms with Crippen molar-refractivity contribution in [2.45, 2.75) is 37.0 Å². The summed E-state index contributed by atoms with van der Waals surface area (Å²) in [6, 6.07) is 5.87. The zero-order chi connectivity index (χ0) is 13.2. The summed E-state index contributed by atoms with van der Waals surface area (Å²) >= 11 is 14.1. The molecule has 1 aromatic carbocycles. The highest BCUT2D eigenvalue weighted by Crippen LogP contribution is 2.41. The average molecular weight is 305 g/mol. The van der Waals surface area contributed by atoms with Gasteiger partial charge in [-0.05, 0) is 49.6 Å². The lowest BCUT2D eigenvalue weighted by molar-refractivity contribution is 0.405. The van der Waals surface area contributed by atoms with Gasteiger partial charge in [0.15, 0.2) is 0 Å². The van der Waals surface area contributed by atoms with Crippen LogP contribution in [0, 0.1) is 0 Å². The fraction of sp³-hybridized carbons (Fsp3) is 0.538. The molecule has 100 valence electrons. The molecule has 2 atom stereocenters. The van der Waals surface area contributed by atoms with E-state index in [1.54, 1.807) is 6.07 Å². The fourth-order valence-corrected chi connectivity index (χ4v) is 4.32. The van der Waals surface area contributed by atoms with Gasteiger partial charge in [-0.25, -0.2) is 0 Å². The molecule has 0 spiro atoms. The molecule has 2 unspecified atom stereocenters. The van der Waals surface area contributed by atoms with Gasteiger partial charge in [-0.2, -0.15) is 11.8 Å². The van der Waals surface area contributed by atoms with E-state index in [9.17, 15) is 0 Å². The largest absolute Gasteiger partial charge is 0.271 e. The first kappa shape index (κ1) is 14.5. The Balaban J connectivity index is 2.15. The Morgan fingerprint density at radius 2 is 2.28 bits per heavy atom. The van der Waals surface area contributed by atoms with Gasteiger partial charge >= 0.3 is 0 Å². The van der Waals surface area contributed by atoms with Gasteiger partial charge in [0.05, 0.1) is 0 Å². The predicted molar refractivity (Wildman–Crippen MR) is 81.4 cm³/mol. The number of rotatable bonds is 4. The van der Waals surface area contributed by atoms with E-state index in [2.05, 4.69) is 12.3 Å². The zero-order valence-corrected chi connectivity index (χ0v) is 12.7. The Bertz CT molecular complexity index is 419. The summed E-state index contributed by atoms with van der Waals surface area (Å²) in [6.07, 6.45) is 3.28. The van der Waals surface area contributed by atoms with Gasteiger partial charge < -0.3 is 0 Å². The zero-order valence-electron chi connectivity index (χ0n) is 10.4. The smallest absolute Gasteiger partial charge is 0.0453 e. The number of nitrogens with one attached hydrogen (secondary N) is 1. The van der Waals surface area contributed by atoms with Crippen molar-refractivity contribution >= 4 is 35.0 Å². The van der Waals surface area contributed by atoms with E-state index in [0.29, 0.717) is 10.0 Å². The highest BCUT2D eigenvalue weighted by atomic mass is 35.5. The molecule has 1 aliphatic heterocycles. The molecule has 0 radical (unpaired) electrons. The molecule has 1 saturated heterocycles. The molecule has 0 aromatic heterocycles. The van der Waals surface area contributed by atoms with Gasteiger partial charge in [0.1, 0.15) is 0 Å². The van der Waals surface area contributed by atoms with E-state index in [1.807, 2.05) is 23.9 Å². The second-order valence-corrected chi connectivity index (χ2v) is 7.40. The number of hydrogen-bond donors (Lipinski definition) is 2. The van der Waals surface area contributed by atoms with Crippen molar-refractivity contribution in [2.24, 2.45) is 5.84 Å². The van der Waals surface area contributed by atoms with Crippen molar-refractivity contribution in [3.05, 3.63) is 33.8 Å². The number of nitrogens with two attached hydrogens (primary N) is 1. The van der Waals surface area contributed by atoms with Crippen molar-refractivity contribution < 1.29 is 0 Å². The maximum absolute atomic E-state index is 6.22. The topological polar surface area (TPSA) is 38.0 Å². The Hall–Kier alpha value is 0.0700. The highest BCUT2D eigenvalue weighted by molar-refractivity contribution is 8.00. The van der Waals surface area contributed by atoms with E-state index < -0.39 is 0 Å². The molecule has 2 nitrogen and oxygen atoms in total. The van der Waals surface area contributed by atoms with Crippen LogP contribution < -0.4 is 11.3 Å². The minimum atomic E-state index is 0.192. The number of hydrazine groups is 1. The molecule has 18 heavy (non-hydrogen) atoms. The van der Waals surface area contributed by atoms with Gasteiger partial charge in [0.25, 0.3) is 0 Å². The minimum Gasteiger partial charge on any atom is -0.271 e. The second kappa shape index (κ2) is 6.02. The standard InChI is InChI=1S/C13H18Cl2N2S/c1-13(5-2-6-18-13)12(17-16)7-9-3-4-10(14)8-11(9)15/h3-4,8,12,17H,2,5-7,16H2,1H3. The third-order valence-corrected chi connectivity index (χ3v) is 5.85. The summed E-state index contributed by atoms with van der Waals surface area (Å²) in [5, 5.41) is 1.39. The van der Waals surface area contributed by atoms with Crippen LogP contribution in [0.3, 0.4) is 0 Å². The Morgan fingerprint density at radius 1 is 1.50 bits per heavy atom.